The van der Waals surface area contributed by atoms with E-state index >= 15 is 0 Å². The molecule has 2 rings (SSSR count). The molecule has 2 aromatic carbocycles. The van der Waals surface area contributed by atoms with Gasteiger partial charge in [-0.2, -0.15) is 0 Å². The summed E-state index contributed by atoms with van der Waals surface area (Å²) in [5, 5.41) is 10.3. The predicted octanol–water partition coefficient (Wildman–Crippen LogP) is 1.15. The number of aliphatic carboxylic acids is 1. The standard InChI is InChI=1S/C16H15NO5S2/c18-15(10-23-11-16(19)20)12-6-8-13(9-7-12)17-24(21,22)14-4-2-1-3-5-14/h1-9,17H,10-11H2,(H,19,20)/p-1. The van der Waals surface area contributed by atoms with Crippen molar-refractivity contribution < 1.29 is 23.1 Å². The third kappa shape index (κ3) is 5.10. The number of hydrogen-bond acceptors (Lipinski definition) is 6. The second kappa shape index (κ2) is 7.98. The van der Waals surface area contributed by atoms with Crippen LogP contribution in [0, 0.1) is 0 Å². The molecule has 0 saturated carbocycles. The van der Waals surface area contributed by atoms with E-state index in [9.17, 15) is 23.1 Å². The number of sulfonamides is 1. The van der Waals surface area contributed by atoms with Crippen LogP contribution >= 0.6 is 11.8 Å². The van der Waals surface area contributed by atoms with Gasteiger partial charge in [0.05, 0.1) is 16.6 Å². The number of carboxylic acid groups (broad SMARTS) is 1. The van der Waals surface area contributed by atoms with E-state index in [0.717, 1.165) is 11.8 Å². The summed E-state index contributed by atoms with van der Waals surface area (Å²) in [4.78, 5) is 22.3. The molecule has 0 saturated heterocycles. The third-order valence-electron chi connectivity index (χ3n) is 2.97. The molecule has 2 aromatic rings. The molecule has 0 fully saturated rings. The summed E-state index contributed by atoms with van der Waals surface area (Å²) in [5.74, 6) is -1.69. The number of rotatable bonds is 8. The number of carbonyl (C=O) groups is 2. The zero-order chi connectivity index (χ0) is 17.6. The Kier molecular flexibility index (Phi) is 5.99. The lowest BCUT2D eigenvalue weighted by Gasteiger charge is -2.08. The Balaban J connectivity index is 2.02. The van der Waals surface area contributed by atoms with Crippen LogP contribution in [0.15, 0.2) is 59.5 Å². The molecule has 1 N–H and O–H groups in total. The monoisotopic (exact) mass is 364 g/mol. The number of hydrogen-bond donors (Lipinski definition) is 1. The Morgan fingerprint density at radius 2 is 1.58 bits per heavy atom. The number of carboxylic acids is 1. The van der Waals surface area contributed by atoms with Crippen molar-refractivity contribution in [1.29, 1.82) is 0 Å². The molecule has 8 heteroatoms. The number of benzene rings is 2. The fourth-order valence-corrected chi connectivity index (χ4v) is 3.55. The number of carbonyl (C=O) groups excluding carboxylic acids is 2. The second-order valence-corrected chi connectivity index (χ2v) is 7.45. The average Bonchev–Trinajstić information content (AvgIpc) is 2.55. The number of nitrogens with one attached hydrogen (secondary N) is 1. The van der Waals surface area contributed by atoms with Crippen LogP contribution in [0.2, 0.25) is 0 Å². The molecule has 0 radical (unpaired) electrons. The van der Waals surface area contributed by atoms with Crippen LogP contribution in [-0.2, 0) is 14.8 Å². The third-order valence-corrected chi connectivity index (χ3v) is 5.27. The molecule has 0 aliphatic heterocycles. The number of ketones is 1. The lowest BCUT2D eigenvalue weighted by molar-refractivity contribution is -0.301. The highest BCUT2D eigenvalue weighted by molar-refractivity contribution is 8.00. The molecule has 0 aromatic heterocycles. The largest absolute Gasteiger partial charge is 0.549 e. The highest BCUT2D eigenvalue weighted by atomic mass is 32.2. The van der Waals surface area contributed by atoms with Crippen molar-refractivity contribution >= 4 is 39.2 Å². The minimum atomic E-state index is -3.68. The van der Waals surface area contributed by atoms with Crippen molar-refractivity contribution in [3.63, 3.8) is 0 Å². The normalized spacial score (nSPS) is 11.0. The Morgan fingerprint density at radius 1 is 0.958 bits per heavy atom. The summed E-state index contributed by atoms with van der Waals surface area (Å²) in [7, 11) is -3.68. The minimum Gasteiger partial charge on any atom is -0.549 e. The summed E-state index contributed by atoms with van der Waals surface area (Å²) >= 11 is 0.953. The van der Waals surface area contributed by atoms with Crippen molar-refractivity contribution in [2.75, 3.05) is 16.2 Å². The van der Waals surface area contributed by atoms with Crippen LogP contribution in [-0.4, -0.2) is 31.7 Å². The van der Waals surface area contributed by atoms with Gasteiger partial charge in [-0.1, -0.05) is 18.2 Å². The van der Waals surface area contributed by atoms with Gasteiger partial charge < -0.3 is 9.90 Å². The maximum atomic E-state index is 12.2. The van der Waals surface area contributed by atoms with Gasteiger partial charge in [-0.3, -0.25) is 9.52 Å². The first-order valence-corrected chi connectivity index (χ1v) is 9.51. The van der Waals surface area contributed by atoms with Crippen LogP contribution < -0.4 is 9.83 Å². The molecular formula is C16H14NO5S2-. The highest BCUT2D eigenvalue weighted by Crippen LogP contribution is 2.17. The van der Waals surface area contributed by atoms with E-state index in [0.29, 0.717) is 11.3 Å². The van der Waals surface area contributed by atoms with Gasteiger partial charge in [-0.25, -0.2) is 8.42 Å². The first-order chi connectivity index (χ1) is 11.4. The molecule has 0 aliphatic carbocycles. The van der Waals surface area contributed by atoms with Gasteiger partial charge in [0, 0.05) is 17.0 Å². The van der Waals surface area contributed by atoms with Gasteiger partial charge in [0.1, 0.15) is 0 Å². The molecule has 0 unspecified atom stereocenters. The van der Waals surface area contributed by atoms with E-state index in [4.69, 9.17) is 0 Å². The summed E-state index contributed by atoms with van der Waals surface area (Å²) in [6.07, 6.45) is 0. The lowest BCUT2D eigenvalue weighted by atomic mass is 10.1. The first-order valence-electron chi connectivity index (χ1n) is 6.87. The van der Waals surface area contributed by atoms with E-state index in [1.165, 1.54) is 36.4 Å². The Bertz CT molecular complexity index is 817. The van der Waals surface area contributed by atoms with Crippen molar-refractivity contribution in [1.82, 2.24) is 0 Å². The van der Waals surface area contributed by atoms with E-state index in [-0.39, 0.29) is 22.2 Å². The zero-order valence-corrected chi connectivity index (χ0v) is 14.1. The summed E-state index contributed by atoms with van der Waals surface area (Å²) in [6, 6.07) is 13.9. The van der Waals surface area contributed by atoms with E-state index in [2.05, 4.69) is 4.72 Å². The maximum absolute atomic E-state index is 12.2. The van der Waals surface area contributed by atoms with Gasteiger partial charge in [-0.15, -0.1) is 11.8 Å². The predicted molar refractivity (Wildman–Crippen MR) is 90.4 cm³/mol. The molecule has 126 valence electrons. The lowest BCUT2D eigenvalue weighted by Crippen LogP contribution is -2.25. The fraction of sp³-hybridized carbons (Fsp3) is 0.125. The second-order valence-electron chi connectivity index (χ2n) is 4.78. The Labute approximate surface area is 143 Å². The van der Waals surface area contributed by atoms with Crippen LogP contribution in [0.3, 0.4) is 0 Å². The average molecular weight is 364 g/mol. The number of thioether (sulfide) groups is 1. The molecule has 0 atom stereocenters. The molecule has 6 nitrogen and oxygen atoms in total. The van der Waals surface area contributed by atoms with Crippen molar-refractivity contribution in [2.24, 2.45) is 0 Å². The molecule has 0 aliphatic rings. The smallest absolute Gasteiger partial charge is 0.261 e. The van der Waals surface area contributed by atoms with Crippen molar-refractivity contribution in [3.8, 4) is 0 Å². The maximum Gasteiger partial charge on any atom is 0.261 e. The van der Waals surface area contributed by atoms with Crippen LogP contribution in [0.5, 0.6) is 0 Å². The van der Waals surface area contributed by atoms with E-state index in [1.54, 1.807) is 18.2 Å². The van der Waals surface area contributed by atoms with Crippen molar-refractivity contribution in [3.05, 3.63) is 60.2 Å². The van der Waals surface area contributed by atoms with Crippen LogP contribution in [0.1, 0.15) is 10.4 Å². The Morgan fingerprint density at radius 3 is 2.17 bits per heavy atom. The quantitative estimate of drug-likeness (QED) is 0.705. The van der Waals surface area contributed by atoms with Gasteiger partial charge in [0.15, 0.2) is 5.78 Å². The van der Waals surface area contributed by atoms with Crippen LogP contribution in [0.4, 0.5) is 5.69 Å². The van der Waals surface area contributed by atoms with Crippen molar-refractivity contribution in [2.45, 2.75) is 4.90 Å². The first kappa shape index (κ1) is 18.0. The topological polar surface area (TPSA) is 103 Å². The number of anilines is 1. The molecule has 0 spiro atoms. The SMILES string of the molecule is O=C([O-])CSCC(=O)c1ccc(NS(=O)(=O)c2ccccc2)cc1. The van der Waals surface area contributed by atoms with Crippen LogP contribution in [0.25, 0.3) is 0 Å². The molecular weight excluding hydrogens is 350 g/mol. The fourth-order valence-electron chi connectivity index (χ4n) is 1.85. The summed E-state index contributed by atoms with van der Waals surface area (Å²) < 4.78 is 26.8. The van der Waals surface area contributed by atoms with Gasteiger partial charge in [-0.05, 0) is 36.4 Å². The highest BCUT2D eigenvalue weighted by Gasteiger charge is 2.13. The minimum absolute atomic E-state index is 0.0169. The molecule has 0 bridgehead atoms. The van der Waals surface area contributed by atoms with Gasteiger partial charge in [0.2, 0.25) is 0 Å². The Hall–Kier alpha value is -2.32. The molecule has 0 amide bonds. The number of Topliss-reactive ketones (excluding diaryl/α,β-unsaturated/α-hetero) is 1. The van der Waals surface area contributed by atoms with E-state index < -0.39 is 16.0 Å². The van der Waals surface area contributed by atoms with Gasteiger partial charge >= 0.3 is 0 Å². The summed E-state index contributed by atoms with van der Waals surface area (Å²) in [6.45, 7) is 0. The van der Waals surface area contributed by atoms with Gasteiger partial charge in [0.25, 0.3) is 10.0 Å². The summed E-state index contributed by atoms with van der Waals surface area (Å²) in [5.41, 5.74) is 0.710. The molecule has 0 heterocycles. The zero-order valence-electron chi connectivity index (χ0n) is 12.5. The van der Waals surface area contributed by atoms with E-state index in [1.807, 2.05) is 0 Å². The molecule has 24 heavy (non-hydrogen) atoms.